The highest BCUT2D eigenvalue weighted by atomic mass is 15.1. The van der Waals surface area contributed by atoms with Gasteiger partial charge in [-0.15, -0.1) is 6.58 Å². The fourth-order valence-corrected chi connectivity index (χ4v) is 1.84. The van der Waals surface area contributed by atoms with E-state index < -0.39 is 0 Å². The molecule has 2 atom stereocenters. The van der Waals surface area contributed by atoms with Crippen molar-refractivity contribution in [2.45, 2.75) is 32.2 Å². The summed E-state index contributed by atoms with van der Waals surface area (Å²) in [6.07, 6.45) is 5.91. The summed E-state index contributed by atoms with van der Waals surface area (Å²) in [6.45, 7) is 7.40. The first-order valence-corrected chi connectivity index (χ1v) is 4.55. The van der Waals surface area contributed by atoms with E-state index in [1.165, 1.54) is 19.4 Å². The van der Waals surface area contributed by atoms with Gasteiger partial charge < -0.3 is 4.90 Å². The monoisotopic (exact) mass is 153 g/mol. The number of hydrogen-bond acceptors (Lipinski definition) is 1. The lowest BCUT2D eigenvalue weighted by molar-refractivity contribution is 0.150. The maximum atomic E-state index is 3.79. The minimum atomic E-state index is 0.760. The molecule has 0 aliphatic carbocycles. The van der Waals surface area contributed by atoms with Gasteiger partial charge in [0.15, 0.2) is 0 Å². The molecule has 1 rings (SSSR count). The molecule has 0 aromatic rings. The Bertz CT molecular complexity index is 131. The van der Waals surface area contributed by atoms with E-state index in [2.05, 4.69) is 25.5 Å². The number of likely N-dealkylation sites (tertiary alicyclic amines) is 1. The molecule has 1 aliphatic heterocycles. The third-order valence-corrected chi connectivity index (χ3v) is 2.71. The molecule has 1 nitrogen and oxygen atoms in total. The van der Waals surface area contributed by atoms with Gasteiger partial charge in [0.2, 0.25) is 0 Å². The van der Waals surface area contributed by atoms with Crippen LogP contribution in [0, 0.1) is 5.92 Å². The van der Waals surface area contributed by atoms with Crippen LogP contribution >= 0.6 is 0 Å². The van der Waals surface area contributed by atoms with Crippen LogP contribution in [-0.2, 0) is 0 Å². The number of rotatable bonds is 2. The molecular weight excluding hydrogens is 134 g/mol. The topological polar surface area (TPSA) is 3.24 Å². The van der Waals surface area contributed by atoms with E-state index in [-0.39, 0.29) is 0 Å². The van der Waals surface area contributed by atoms with Gasteiger partial charge >= 0.3 is 0 Å². The van der Waals surface area contributed by atoms with Crippen LogP contribution in [0.5, 0.6) is 0 Å². The second-order valence-corrected chi connectivity index (χ2v) is 3.79. The van der Waals surface area contributed by atoms with E-state index in [0.29, 0.717) is 0 Å². The standard InChI is InChI=1S/C10H19N/c1-4-5-10-8-9(2)6-7-11(10)3/h4,9-10H,1,5-8H2,2-3H3/t9?,10-/m0/s1. The summed E-state index contributed by atoms with van der Waals surface area (Å²) in [4.78, 5) is 2.46. The van der Waals surface area contributed by atoms with Crippen molar-refractivity contribution in [3.8, 4) is 0 Å². The second-order valence-electron chi connectivity index (χ2n) is 3.79. The van der Waals surface area contributed by atoms with Gasteiger partial charge in [0.25, 0.3) is 0 Å². The van der Waals surface area contributed by atoms with Gasteiger partial charge in [-0.25, -0.2) is 0 Å². The van der Waals surface area contributed by atoms with Crippen LogP contribution in [0.15, 0.2) is 12.7 Å². The molecule has 1 fully saturated rings. The smallest absolute Gasteiger partial charge is 0.0129 e. The summed E-state index contributed by atoms with van der Waals surface area (Å²) in [5.41, 5.74) is 0. The number of hydrogen-bond donors (Lipinski definition) is 0. The summed E-state index contributed by atoms with van der Waals surface area (Å²) in [5, 5.41) is 0. The van der Waals surface area contributed by atoms with Gasteiger partial charge in [-0.1, -0.05) is 13.0 Å². The normalized spacial score (nSPS) is 33.6. The molecule has 1 heteroatoms. The van der Waals surface area contributed by atoms with Gasteiger partial charge in [-0.2, -0.15) is 0 Å². The van der Waals surface area contributed by atoms with Crippen LogP contribution in [0.25, 0.3) is 0 Å². The second kappa shape index (κ2) is 3.91. The zero-order valence-electron chi connectivity index (χ0n) is 7.71. The largest absolute Gasteiger partial charge is 0.303 e. The maximum absolute atomic E-state index is 3.79. The fourth-order valence-electron chi connectivity index (χ4n) is 1.84. The van der Waals surface area contributed by atoms with Gasteiger partial charge in [0.1, 0.15) is 0 Å². The van der Waals surface area contributed by atoms with Gasteiger partial charge in [-0.3, -0.25) is 0 Å². The minimum absolute atomic E-state index is 0.760. The molecule has 64 valence electrons. The van der Waals surface area contributed by atoms with Crippen LogP contribution in [-0.4, -0.2) is 24.5 Å². The molecular formula is C10H19N. The summed E-state index contributed by atoms with van der Waals surface area (Å²) < 4.78 is 0. The quantitative estimate of drug-likeness (QED) is 0.550. The molecule has 0 aromatic carbocycles. The lowest BCUT2D eigenvalue weighted by Gasteiger charge is -2.35. The van der Waals surface area contributed by atoms with Crippen LogP contribution < -0.4 is 0 Å². The molecule has 0 saturated carbocycles. The highest BCUT2D eigenvalue weighted by molar-refractivity contribution is 4.83. The van der Waals surface area contributed by atoms with E-state index >= 15 is 0 Å². The summed E-state index contributed by atoms with van der Waals surface area (Å²) in [6, 6.07) is 0.760. The third kappa shape index (κ3) is 2.33. The van der Waals surface area contributed by atoms with Crippen molar-refractivity contribution in [2.75, 3.05) is 13.6 Å². The highest BCUT2D eigenvalue weighted by Crippen LogP contribution is 2.22. The van der Waals surface area contributed by atoms with Crippen molar-refractivity contribution in [3.05, 3.63) is 12.7 Å². The first-order valence-electron chi connectivity index (χ1n) is 4.55. The van der Waals surface area contributed by atoms with Crippen molar-refractivity contribution in [1.82, 2.24) is 4.90 Å². The SMILES string of the molecule is C=CC[C@H]1CC(C)CCN1C. The summed E-state index contributed by atoms with van der Waals surface area (Å²) >= 11 is 0. The van der Waals surface area contributed by atoms with E-state index in [0.717, 1.165) is 18.4 Å². The molecule has 11 heavy (non-hydrogen) atoms. The Kier molecular flexibility index (Phi) is 3.13. The predicted molar refractivity (Wildman–Crippen MR) is 49.6 cm³/mol. The van der Waals surface area contributed by atoms with Crippen molar-refractivity contribution in [1.29, 1.82) is 0 Å². The van der Waals surface area contributed by atoms with Crippen molar-refractivity contribution >= 4 is 0 Å². The fraction of sp³-hybridized carbons (Fsp3) is 0.800. The van der Waals surface area contributed by atoms with Gasteiger partial charge in [-0.05, 0) is 38.8 Å². The Labute approximate surface area is 70.1 Å². The Hall–Kier alpha value is -0.300. The van der Waals surface area contributed by atoms with Crippen LogP contribution in [0.4, 0.5) is 0 Å². The molecule has 0 bridgehead atoms. The summed E-state index contributed by atoms with van der Waals surface area (Å²) in [7, 11) is 2.22. The Morgan fingerprint density at radius 1 is 1.64 bits per heavy atom. The van der Waals surface area contributed by atoms with Crippen molar-refractivity contribution in [2.24, 2.45) is 5.92 Å². The molecule has 0 radical (unpaired) electrons. The number of nitrogens with zero attached hydrogens (tertiary/aromatic N) is 1. The van der Waals surface area contributed by atoms with Crippen molar-refractivity contribution < 1.29 is 0 Å². The first-order chi connectivity index (χ1) is 5.24. The molecule has 0 aromatic heterocycles. The zero-order valence-corrected chi connectivity index (χ0v) is 7.71. The Morgan fingerprint density at radius 2 is 2.36 bits per heavy atom. The van der Waals surface area contributed by atoms with Crippen LogP contribution in [0.1, 0.15) is 26.2 Å². The highest BCUT2D eigenvalue weighted by Gasteiger charge is 2.21. The van der Waals surface area contributed by atoms with E-state index in [4.69, 9.17) is 0 Å². The van der Waals surface area contributed by atoms with E-state index in [1.807, 2.05) is 6.08 Å². The third-order valence-electron chi connectivity index (χ3n) is 2.71. The Morgan fingerprint density at radius 3 is 3.00 bits per heavy atom. The number of piperidine rings is 1. The summed E-state index contributed by atoms with van der Waals surface area (Å²) in [5.74, 6) is 0.913. The van der Waals surface area contributed by atoms with Gasteiger partial charge in [0.05, 0.1) is 0 Å². The molecule has 1 saturated heterocycles. The molecule has 0 spiro atoms. The Balaban J connectivity index is 2.40. The van der Waals surface area contributed by atoms with Gasteiger partial charge in [0, 0.05) is 6.04 Å². The first kappa shape index (κ1) is 8.79. The lowest BCUT2D eigenvalue weighted by atomic mass is 9.91. The molecule has 1 aliphatic rings. The maximum Gasteiger partial charge on any atom is 0.0129 e. The average Bonchev–Trinajstić information content (AvgIpc) is 1.98. The molecule has 0 N–H and O–H groups in total. The van der Waals surface area contributed by atoms with E-state index in [9.17, 15) is 0 Å². The molecule has 1 heterocycles. The molecule has 1 unspecified atom stereocenters. The van der Waals surface area contributed by atoms with Crippen molar-refractivity contribution in [3.63, 3.8) is 0 Å². The zero-order chi connectivity index (χ0) is 8.27. The molecule has 0 amide bonds. The average molecular weight is 153 g/mol. The predicted octanol–water partition coefficient (Wildman–Crippen LogP) is 2.29. The van der Waals surface area contributed by atoms with Crippen LogP contribution in [0.2, 0.25) is 0 Å². The van der Waals surface area contributed by atoms with Crippen LogP contribution in [0.3, 0.4) is 0 Å². The lowest BCUT2D eigenvalue weighted by Crippen LogP contribution is -2.38. The minimum Gasteiger partial charge on any atom is -0.303 e. The van der Waals surface area contributed by atoms with E-state index in [1.54, 1.807) is 0 Å².